The Morgan fingerprint density at radius 3 is 2.32 bits per heavy atom. The summed E-state index contributed by atoms with van der Waals surface area (Å²) in [7, 11) is 0. The number of carbonyl (C=O) groups is 2. The Morgan fingerprint density at radius 2 is 1.61 bits per heavy atom. The minimum atomic E-state index is -0.807. The molecule has 8 heteroatoms. The summed E-state index contributed by atoms with van der Waals surface area (Å²) in [4.78, 5) is 25.7. The average Bonchev–Trinajstić information content (AvgIpc) is 3.09. The smallest absolute Gasteiger partial charge is 0.317 e. The van der Waals surface area contributed by atoms with E-state index >= 15 is 0 Å². The number of ether oxygens (including phenoxy) is 2. The number of para-hydroxylation sites is 2. The van der Waals surface area contributed by atoms with Crippen LogP contribution in [-0.2, 0) is 0 Å². The first-order valence-corrected chi connectivity index (χ1v) is 8.54. The molecule has 0 aliphatic heterocycles. The molecule has 0 aliphatic carbocycles. The summed E-state index contributed by atoms with van der Waals surface area (Å²) in [6.45, 7) is 0.686. The first-order valence-electron chi connectivity index (χ1n) is 8.54. The zero-order valence-electron chi connectivity index (χ0n) is 15.0. The number of benzene rings is 2. The van der Waals surface area contributed by atoms with Crippen molar-refractivity contribution in [2.45, 2.75) is 0 Å². The number of hydrogen-bond donors (Lipinski definition) is 4. The molecule has 6 N–H and O–H groups in total. The molecule has 0 unspecified atom stereocenters. The molecular weight excluding hydrogens is 360 g/mol. The van der Waals surface area contributed by atoms with Crippen LogP contribution in [0.2, 0.25) is 0 Å². The number of amides is 3. The fourth-order valence-electron chi connectivity index (χ4n) is 2.66. The minimum absolute atomic E-state index is 0.121. The molecule has 0 atom stereocenters. The molecule has 0 fully saturated rings. The van der Waals surface area contributed by atoms with Crippen LogP contribution < -0.4 is 26.3 Å². The molecule has 144 valence electrons. The Labute approximate surface area is 161 Å². The van der Waals surface area contributed by atoms with Crippen molar-refractivity contribution in [1.29, 1.82) is 0 Å². The number of nitrogens with two attached hydrogens (primary N) is 2. The lowest BCUT2D eigenvalue weighted by Gasteiger charge is -2.11. The maximum atomic E-state index is 11.6. The Kier molecular flexibility index (Phi) is 5.81. The normalized spacial score (nSPS) is 10.3. The number of rotatable bonds is 8. The van der Waals surface area contributed by atoms with E-state index in [1.54, 1.807) is 6.07 Å². The molecule has 28 heavy (non-hydrogen) atoms. The summed E-state index contributed by atoms with van der Waals surface area (Å²) >= 11 is 0. The maximum Gasteiger partial charge on any atom is 0.317 e. The van der Waals surface area contributed by atoms with Gasteiger partial charge in [0.05, 0.1) is 11.3 Å². The van der Waals surface area contributed by atoms with Gasteiger partial charge in [-0.1, -0.05) is 30.3 Å². The lowest BCUT2D eigenvalue weighted by atomic mass is 10.1. The third-order valence-corrected chi connectivity index (χ3v) is 3.86. The number of urea groups is 1. The summed E-state index contributed by atoms with van der Waals surface area (Å²) in [5, 5.41) is 2.36. The van der Waals surface area contributed by atoms with Crippen LogP contribution in [-0.4, -0.2) is 30.1 Å². The highest BCUT2D eigenvalue weighted by Crippen LogP contribution is 2.32. The second kappa shape index (κ2) is 8.63. The van der Waals surface area contributed by atoms with E-state index in [-0.39, 0.29) is 11.4 Å². The van der Waals surface area contributed by atoms with Crippen LogP contribution in [0.15, 0.2) is 60.7 Å². The van der Waals surface area contributed by atoms with Gasteiger partial charge in [-0.15, -0.1) is 0 Å². The van der Waals surface area contributed by atoms with Crippen molar-refractivity contribution in [1.82, 2.24) is 4.98 Å². The van der Waals surface area contributed by atoms with Gasteiger partial charge in [0.15, 0.2) is 0 Å². The highest BCUT2D eigenvalue weighted by Gasteiger charge is 2.17. The number of aromatic nitrogens is 1. The second-order valence-electron chi connectivity index (χ2n) is 5.83. The predicted molar refractivity (Wildman–Crippen MR) is 105 cm³/mol. The monoisotopic (exact) mass is 380 g/mol. The molecule has 1 heterocycles. The summed E-state index contributed by atoms with van der Waals surface area (Å²) in [6.07, 6.45) is 0. The SMILES string of the molecule is NC(=O)Nc1[nH]c(-c2ccccc2OCCOc2ccccc2)cc1C(N)=O. The number of primary amides is 2. The lowest BCUT2D eigenvalue weighted by molar-refractivity contribution is 0.100. The number of hydrogen-bond acceptors (Lipinski definition) is 4. The van der Waals surface area contributed by atoms with Crippen LogP contribution in [0.4, 0.5) is 10.6 Å². The molecule has 3 aromatic rings. The fraction of sp³-hybridized carbons (Fsp3) is 0.100. The molecule has 0 aliphatic rings. The average molecular weight is 380 g/mol. The van der Waals surface area contributed by atoms with Crippen molar-refractivity contribution in [3.8, 4) is 22.8 Å². The van der Waals surface area contributed by atoms with Crippen molar-refractivity contribution in [2.24, 2.45) is 11.5 Å². The van der Waals surface area contributed by atoms with Crippen molar-refractivity contribution in [3.05, 3.63) is 66.2 Å². The van der Waals surface area contributed by atoms with E-state index < -0.39 is 11.9 Å². The number of H-pyrrole nitrogens is 1. The predicted octanol–water partition coefficient (Wildman–Crippen LogP) is 2.73. The first-order chi connectivity index (χ1) is 13.5. The summed E-state index contributed by atoms with van der Waals surface area (Å²) in [5.74, 6) is 0.789. The van der Waals surface area contributed by atoms with E-state index in [1.165, 1.54) is 6.07 Å². The highest BCUT2D eigenvalue weighted by atomic mass is 16.5. The van der Waals surface area contributed by atoms with Gasteiger partial charge >= 0.3 is 6.03 Å². The zero-order valence-corrected chi connectivity index (χ0v) is 15.0. The quantitative estimate of drug-likeness (QED) is 0.447. The molecule has 2 aromatic carbocycles. The van der Waals surface area contributed by atoms with E-state index in [0.29, 0.717) is 30.2 Å². The molecule has 8 nitrogen and oxygen atoms in total. The number of carbonyl (C=O) groups excluding carboxylic acids is 2. The van der Waals surface area contributed by atoms with Crippen LogP contribution in [0.5, 0.6) is 11.5 Å². The van der Waals surface area contributed by atoms with Crippen LogP contribution in [0.25, 0.3) is 11.3 Å². The van der Waals surface area contributed by atoms with Gasteiger partial charge < -0.3 is 25.9 Å². The van der Waals surface area contributed by atoms with E-state index in [9.17, 15) is 9.59 Å². The molecule has 0 saturated carbocycles. The number of nitrogens with one attached hydrogen (secondary N) is 2. The molecule has 0 spiro atoms. The van der Waals surface area contributed by atoms with E-state index in [2.05, 4.69) is 10.3 Å². The van der Waals surface area contributed by atoms with Gasteiger partial charge in [-0.2, -0.15) is 0 Å². The number of aromatic amines is 1. The van der Waals surface area contributed by atoms with Gasteiger partial charge in [0, 0.05) is 5.56 Å². The Balaban J connectivity index is 1.74. The van der Waals surface area contributed by atoms with Crippen LogP contribution in [0.3, 0.4) is 0 Å². The van der Waals surface area contributed by atoms with E-state index in [4.69, 9.17) is 20.9 Å². The first kappa shape index (κ1) is 18.8. The van der Waals surface area contributed by atoms with Crippen molar-refractivity contribution in [3.63, 3.8) is 0 Å². The Hall–Kier alpha value is -3.94. The zero-order chi connectivity index (χ0) is 19.9. The molecule has 3 rings (SSSR count). The summed E-state index contributed by atoms with van der Waals surface area (Å²) in [6, 6.07) is 17.4. The van der Waals surface area contributed by atoms with Crippen LogP contribution in [0, 0.1) is 0 Å². The van der Waals surface area contributed by atoms with Gasteiger partial charge in [0.2, 0.25) is 0 Å². The topological polar surface area (TPSA) is 132 Å². The molecule has 0 radical (unpaired) electrons. The van der Waals surface area contributed by atoms with E-state index in [0.717, 1.165) is 5.75 Å². The molecule has 0 bridgehead atoms. The fourth-order valence-corrected chi connectivity index (χ4v) is 2.66. The molecule has 1 aromatic heterocycles. The molecular formula is C20H20N4O4. The van der Waals surface area contributed by atoms with Crippen LogP contribution in [0.1, 0.15) is 10.4 Å². The largest absolute Gasteiger partial charge is 0.490 e. The van der Waals surface area contributed by atoms with Crippen molar-refractivity contribution >= 4 is 17.8 Å². The highest BCUT2D eigenvalue weighted by molar-refractivity contribution is 6.03. The van der Waals surface area contributed by atoms with Crippen LogP contribution >= 0.6 is 0 Å². The van der Waals surface area contributed by atoms with Gasteiger partial charge in [-0.05, 0) is 30.3 Å². The Bertz CT molecular complexity index is 969. The van der Waals surface area contributed by atoms with Gasteiger partial charge in [-0.25, -0.2) is 4.79 Å². The van der Waals surface area contributed by atoms with Crippen molar-refractivity contribution < 1.29 is 19.1 Å². The second-order valence-corrected chi connectivity index (χ2v) is 5.83. The van der Waals surface area contributed by atoms with Crippen molar-refractivity contribution in [2.75, 3.05) is 18.5 Å². The third kappa shape index (κ3) is 4.61. The Morgan fingerprint density at radius 1 is 0.929 bits per heavy atom. The maximum absolute atomic E-state index is 11.6. The summed E-state index contributed by atoms with van der Waals surface area (Å²) in [5.41, 5.74) is 11.9. The van der Waals surface area contributed by atoms with Gasteiger partial charge in [0.1, 0.15) is 30.5 Å². The summed E-state index contributed by atoms with van der Waals surface area (Å²) < 4.78 is 11.4. The van der Waals surface area contributed by atoms with E-state index in [1.807, 2.05) is 48.5 Å². The third-order valence-electron chi connectivity index (χ3n) is 3.86. The van der Waals surface area contributed by atoms with Gasteiger partial charge in [0.25, 0.3) is 5.91 Å². The molecule has 3 amide bonds. The standard InChI is InChI=1S/C20H20N4O4/c21-18(25)15-12-16(23-19(15)24-20(22)26)14-8-4-5-9-17(14)28-11-10-27-13-6-2-1-3-7-13/h1-9,12,23H,10-11H2,(H2,21,25)(H3,22,24,26). The minimum Gasteiger partial charge on any atom is -0.490 e. The number of anilines is 1. The van der Waals surface area contributed by atoms with Gasteiger partial charge in [-0.3, -0.25) is 10.1 Å². The molecule has 0 saturated heterocycles. The lowest BCUT2D eigenvalue weighted by Crippen LogP contribution is -2.22.